The molecule has 1 rings (SSSR count). The molecule has 0 aromatic heterocycles. The normalized spacial score (nSPS) is 17.3. The van der Waals surface area contributed by atoms with Gasteiger partial charge in [0.1, 0.15) is 0 Å². The van der Waals surface area contributed by atoms with Crippen molar-refractivity contribution >= 4 is 19.0 Å². The number of nitrogens with two attached hydrogens (primary N) is 1. The molecule has 0 fully saturated rings. The first-order chi connectivity index (χ1) is 11.6. The number of ether oxygens (including phenoxy) is 2. The van der Waals surface area contributed by atoms with Crippen LogP contribution >= 0.6 is 0 Å². The van der Waals surface area contributed by atoms with Crippen LogP contribution in [0.4, 0.5) is 4.79 Å². The number of rotatable bonds is 8. The van der Waals surface area contributed by atoms with Gasteiger partial charge in [-0.25, -0.2) is 4.79 Å². The van der Waals surface area contributed by atoms with Gasteiger partial charge in [-0.15, -0.1) is 0 Å². The Bertz CT molecular complexity index is 419. The summed E-state index contributed by atoms with van der Waals surface area (Å²) in [5.74, 6) is 6.02. The molecule has 0 spiro atoms. The van der Waals surface area contributed by atoms with Crippen molar-refractivity contribution in [2.45, 2.75) is 63.7 Å². The SMILES string of the molecule is N[C@@H](CCCCNC(=O)OC1C#CCCCCC1)OC=O.O=CO. The maximum atomic E-state index is 11.6. The number of unbranched alkanes of at least 4 members (excludes halogenated alkanes) is 1. The smallest absolute Gasteiger partial charge is 0.408 e. The van der Waals surface area contributed by atoms with Crippen molar-refractivity contribution in [2.75, 3.05) is 6.54 Å². The molecule has 1 amide bonds. The zero-order chi connectivity index (χ0) is 18.0. The standard InChI is InChI=1S/C15H24N2O4.CH2O2/c16-14(20-12-18)10-6-7-11-17-15(19)21-13-8-4-2-1-3-5-9-13;2-1-3/h12-14H,1-4,6-8,10-11,16H2,(H,17,19);1H,(H,2,3)/t13?,14-;/m1./s1. The number of hydrogen-bond donors (Lipinski definition) is 3. The van der Waals surface area contributed by atoms with Crippen LogP contribution in [0.1, 0.15) is 51.4 Å². The van der Waals surface area contributed by atoms with Gasteiger partial charge in [-0.3, -0.25) is 15.3 Å². The molecule has 0 aliphatic heterocycles. The Morgan fingerprint density at radius 2 is 2.08 bits per heavy atom. The van der Waals surface area contributed by atoms with Crippen molar-refractivity contribution in [2.24, 2.45) is 5.73 Å². The average molecular weight is 342 g/mol. The van der Waals surface area contributed by atoms with E-state index in [0.717, 1.165) is 44.9 Å². The molecule has 1 aliphatic rings. The summed E-state index contributed by atoms with van der Waals surface area (Å²) in [6.45, 7) is 0.600. The maximum absolute atomic E-state index is 11.6. The molecule has 0 saturated carbocycles. The van der Waals surface area contributed by atoms with Crippen LogP contribution < -0.4 is 11.1 Å². The van der Waals surface area contributed by atoms with Gasteiger partial charge < -0.3 is 19.9 Å². The highest BCUT2D eigenvalue weighted by Gasteiger charge is 2.12. The van der Waals surface area contributed by atoms with Crippen molar-refractivity contribution in [3.05, 3.63) is 0 Å². The minimum atomic E-state index is -0.570. The van der Waals surface area contributed by atoms with Crippen LogP contribution in [0, 0.1) is 11.8 Å². The summed E-state index contributed by atoms with van der Waals surface area (Å²) in [5, 5.41) is 9.58. The van der Waals surface area contributed by atoms with Gasteiger partial charge in [0.05, 0.1) is 0 Å². The predicted octanol–water partition coefficient (Wildman–Crippen LogP) is 1.38. The summed E-state index contributed by atoms with van der Waals surface area (Å²) in [7, 11) is 0. The first-order valence-electron chi connectivity index (χ1n) is 7.99. The van der Waals surface area contributed by atoms with E-state index >= 15 is 0 Å². The van der Waals surface area contributed by atoms with Gasteiger partial charge in [-0.1, -0.05) is 18.3 Å². The summed E-state index contributed by atoms with van der Waals surface area (Å²) in [6.07, 6.45) is 5.79. The minimum absolute atomic E-state index is 0.250. The van der Waals surface area contributed by atoms with E-state index in [1.54, 1.807) is 0 Å². The zero-order valence-electron chi connectivity index (χ0n) is 13.7. The molecular formula is C16H26N2O6. The molecule has 0 radical (unpaired) electrons. The van der Waals surface area contributed by atoms with E-state index in [2.05, 4.69) is 21.9 Å². The average Bonchev–Trinajstić information content (AvgIpc) is 2.50. The monoisotopic (exact) mass is 342 g/mol. The molecule has 8 heteroatoms. The van der Waals surface area contributed by atoms with Crippen LogP contribution in [0.15, 0.2) is 0 Å². The lowest BCUT2D eigenvalue weighted by molar-refractivity contribution is -0.133. The lowest BCUT2D eigenvalue weighted by Gasteiger charge is -2.14. The fourth-order valence-corrected chi connectivity index (χ4v) is 2.04. The summed E-state index contributed by atoms with van der Waals surface area (Å²) in [6, 6.07) is 0. The van der Waals surface area contributed by atoms with E-state index in [0.29, 0.717) is 19.4 Å². The van der Waals surface area contributed by atoms with Gasteiger partial charge in [-0.05, 0) is 38.5 Å². The molecule has 4 N–H and O–H groups in total. The van der Waals surface area contributed by atoms with E-state index < -0.39 is 12.3 Å². The summed E-state index contributed by atoms with van der Waals surface area (Å²) < 4.78 is 9.84. The molecule has 0 saturated heterocycles. The van der Waals surface area contributed by atoms with E-state index in [1.807, 2.05) is 0 Å². The summed E-state index contributed by atoms with van der Waals surface area (Å²) in [5.41, 5.74) is 5.50. The second kappa shape index (κ2) is 15.6. The van der Waals surface area contributed by atoms with Crippen LogP contribution in [0.5, 0.6) is 0 Å². The Labute approximate surface area is 142 Å². The fourth-order valence-electron chi connectivity index (χ4n) is 2.04. The third kappa shape index (κ3) is 13.4. The zero-order valence-corrected chi connectivity index (χ0v) is 13.7. The molecule has 1 aliphatic carbocycles. The molecule has 0 heterocycles. The van der Waals surface area contributed by atoms with Crippen molar-refractivity contribution in [3.8, 4) is 11.8 Å². The fraction of sp³-hybridized carbons (Fsp3) is 0.688. The quantitative estimate of drug-likeness (QED) is 0.263. The maximum Gasteiger partial charge on any atom is 0.408 e. The van der Waals surface area contributed by atoms with E-state index in [4.69, 9.17) is 20.4 Å². The number of carbonyl (C=O) groups excluding carboxylic acids is 2. The Balaban J connectivity index is 0.00000163. The molecule has 0 aromatic rings. The van der Waals surface area contributed by atoms with Gasteiger partial charge in [0.15, 0.2) is 12.3 Å². The first kappa shape index (κ1) is 21.7. The summed E-state index contributed by atoms with van der Waals surface area (Å²) >= 11 is 0. The van der Waals surface area contributed by atoms with E-state index in [1.165, 1.54) is 0 Å². The highest BCUT2D eigenvalue weighted by atomic mass is 16.6. The molecule has 136 valence electrons. The van der Waals surface area contributed by atoms with Gasteiger partial charge in [0.2, 0.25) is 0 Å². The van der Waals surface area contributed by atoms with E-state index in [-0.39, 0.29) is 12.6 Å². The molecule has 0 bridgehead atoms. The van der Waals surface area contributed by atoms with Crippen LogP contribution in [0.3, 0.4) is 0 Å². The Hall–Kier alpha value is -2.27. The number of amides is 1. The van der Waals surface area contributed by atoms with Crippen LogP contribution in [-0.4, -0.2) is 43.0 Å². The molecule has 2 atom stereocenters. The highest BCUT2D eigenvalue weighted by Crippen LogP contribution is 2.10. The van der Waals surface area contributed by atoms with Gasteiger partial charge in [-0.2, -0.15) is 0 Å². The number of nitrogens with one attached hydrogen (secondary N) is 1. The summed E-state index contributed by atoms with van der Waals surface area (Å²) in [4.78, 5) is 30.0. The Morgan fingerprint density at radius 3 is 2.79 bits per heavy atom. The number of carbonyl (C=O) groups is 3. The third-order valence-corrected chi connectivity index (χ3v) is 3.20. The first-order valence-corrected chi connectivity index (χ1v) is 7.99. The number of alkyl carbamates (subject to hydrolysis) is 1. The molecule has 1 unspecified atom stereocenters. The lowest BCUT2D eigenvalue weighted by atomic mass is 10.1. The van der Waals surface area contributed by atoms with Crippen LogP contribution in [-0.2, 0) is 19.1 Å². The van der Waals surface area contributed by atoms with Gasteiger partial charge in [0, 0.05) is 13.0 Å². The lowest BCUT2D eigenvalue weighted by Crippen LogP contribution is -2.30. The minimum Gasteiger partial charge on any atom is -0.483 e. The van der Waals surface area contributed by atoms with Gasteiger partial charge >= 0.3 is 6.09 Å². The second-order valence-corrected chi connectivity index (χ2v) is 5.11. The number of carboxylic acid groups (broad SMARTS) is 1. The van der Waals surface area contributed by atoms with Gasteiger partial charge in [0.25, 0.3) is 12.9 Å². The Kier molecular flexibility index (Phi) is 14.1. The third-order valence-electron chi connectivity index (χ3n) is 3.20. The van der Waals surface area contributed by atoms with Crippen LogP contribution in [0.2, 0.25) is 0 Å². The van der Waals surface area contributed by atoms with Crippen molar-refractivity contribution < 1.29 is 29.0 Å². The molecule has 0 aromatic carbocycles. The highest BCUT2D eigenvalue weighted by molar-refractivity contribution is 5.67. The van der Waals surface area contributed by atoms with E-state index in [9.17, 15) is 9.59 Å². The molecular weight excluding hydrogens is 316 g/mol. The largest absolute Gasteiger partial charge is 0.483 e. The predicted molar refractivity (Wildman–Crippen MR) is 86.8 cm³/mol. The molecule has 8 nitrogen and oxygen atoms in total. The topological polar surface area (TPSA) is 128 Å². The Morgan fingerprint density at radius 1 is 1.33 bits per heavy atom. The second-order valence-electron chi connectivity index (χ2n) is 5.11. The van der Waals surface area contributed by atoms with Crippen molar-refractivity contribution in [1.82, 2.24) is 5.32 Å². The number of hydrogen-bond acceptors (Lipinski definition) is 6. The molecule has 24 heavy (non-hydrogen) atoms. The van der Waals surface area contributed by atoms with Crippen LogP contribution in [0.25, 0.3) is 0 Å². The van der Waals surface area contributed by atoms with Crippen molar-refractivity contribution in [1.29, 1.82) is 0 Å². The van der Waals surface area contributed by atoms with Crippen molar-refractivity contribution in [3.63, 3.8) is 0 Å².